The Labute approximate surface area is 174 Å². The predicted molar refractivity (Wildman–Crippen MR) is 112 cm³/mol. The SMILES string of the molecule is O=C(NC1CS(=O)(=O)CC1O)c1ccc(-n2cccn2)c(C#Cc2ccccc2)c1. The first-order valence-electron chi connectivity index (χ1n) is 9.32. The molecule has 0 radical (unpaired) electrons. The molecule has 30 heavy (non-hydrogen) atoms. The highest BCUT2D eigenvalue weighted by molar-refractivity contribution is 7.91. The van der Waals surface area contributed by atoms with Gasteiger partial charge in [-0.05, 0) is 36.4 Å². The van der Waals surface area contributed by atoms with E-state index in [1.165, 1.54) is 0 Å². The number of aliphatic hydroxyl groups is 1. The molecule has 2 aromatic carbocycles. The topological polar surface area (TPSA) is 101 Å². The number of carbonyl (C=O) groups excluding carboxylic acids is 1. The molecule has 1 amide bonds. The molecule has 2 heterocycles. The molecular weight excluding hydrogens is 402 g/mol. The minimum atomic E-state index is -3.35. The van der Waals surface area contributed by atoms with E-state index >= 15 is 0 Å². The summed E-state index contributed by atoms with van der Waals surface area (Å²) in [4.78, 5) is 12.7. The third-order valence-corrected chi connectivity index (χ3v) is 6.48. The van der Waals surface area contributed by atoms with Crippen LogP contribution in [0.25, 0.3) is 5.69 Å². The van der Waals surface area contributed by atoms with Gasteiger partial charge < -0.3 is 10.4 Å². The summed E-state index contributed by atoms with van der Waals surface area (Å²) in [7, 11) is -3.35. The molecule has 2 N–H and O–H groups in total. The van der Waals surface area contributed by atoms with Crippen LogP contribution in [0.5, 0.6) is 0 Å². The number of aromatic nitrogens is 2. The third-order valence-electron chi connectivity index (χ3n) is 4.76. The number of hydrogen-bond donors (Lipinski definition) is 2. The summed E-state index contributed by atoms with van der Waals surface area (Å²) < 4.78 is 25.0. The Morgan fingerprint density at radius 2 is 1.90 bits per heavy atom. The Bertz CT molecular complexity index is 1230. The molecule has 2 unspecified atom stereocenters. The van der Waals surface area contributed by atoms with E-state index in [1.807, 2.05) is 30.3 Å². The van der Waals surface area contributed by atoms with Crippen LogP contribution in [0.4, 0.5) is 0 Å². The first-order chi connectivity index (χ1) is 14.4. The maximum absolute atomic E-state index is 12.7. The van der Waals surface area contributed by atoms with Gasteiger partial charge in [0.15, 0.2) is 9.84 Å². The molecule has 152 valence electrons. The summed E-state index contributed by atoms with van der Waals surface area (Å²) in [5, 5.41) is 16.8. The van der Waals surface area contributed by atoms with Crippen LogP contribution in [0.1, 0.15) is 21.5 Å². The second-order valence-electron chi connectivity index (χ2n) is 7.02. The first-order valence-corrected chi connectivity index (χ1v) is 11.1. The molecular formula is C22H19N3O4S. The minimum Gasteiger partial charge on any atom is -0.390 e. The average Bonchev–Trinajstić information content (AvgIpc) is 3.34. The van der Waals surface area contributed by atoms with Crippen molar-refractivity contribution in [2.24, 2.45) is 0 Å². The largest absolute Gasteiger partial charge is 0.390 e. The molecule has 0 bridgehead atoms. The van der Waals surface area contributed by atoms with E-state index < -0.39 is 27.9 Å². The van der Waals surface area contributed by atoms with Gasteiger partial charge >= 0.3 is 0 Å². The summed E-state index contributed by atoms with van der Waals surface area (Å²) in [5.74, 6) is 5.09. The van der Waals surface area contributed by atoms with Crippen molar-refractivity contribution in [2.45, 2.75) is 12.1 Å². The molecule has 1 aromatic heterocycles. The van der Waals surface area contributed by atoms with Crippen molar-refractivity contribution in [1.29, 1.82) is 0 Å². The number of amides is 1. The van der Waals surface area contributed by atoms with Crippen molar-refractivity contribution in [2.75, 3.05) is 11.5 Å². The fourth-order valence-electron chi connectivity index (χ4n) is 3.27. The number of rotatable bonds is 3. The molecule has 2 atom stereocenters. The molecule has 3 aromatic rings. The van der Waals surface area contributed by atoms with Crippen molar-refractivity contribution < 1.29 is 18.3 Å². The molecule has 4 rings (SSSR count). The quantitative estimate of drug-likeness (QED) is 0.618. The highest BCUT2D eigenvalue weighted by Gasteiger charge is 2.37. The number of hydrogen-bond acceptors (Lipinski definition) is 5. The van der Waals surface area contributed by atoms with E-state index in [9.17, 15) is 18.3 Å². The summed E-state index contributed by atoms with van der Waals surface area (Å²) >= 11 is 0. The van der Waals surface area contributed by atoms with Crippen molar-refractivity contribution in [3.05, 3.63) is 83.7 Å². The zero-order valence-corrected chi connectivity index (χ0v) is 16.7. The number of nitrogens with zero attached hydrogens (tertiary/aromatic N) is 2. The minimum absolute atomic E-state index is 0.272. The highest BCUT2D eigenvalue weighted by atomic mass is 32.2. The standard InChI is InChI=1S/C22H19N3O4S/c26-21-15-30(28,29)14-19(21)24-22(27)18-9-10-20(25-12-4-11-23-25)17(13-18)8-7-16-5-2-1-3-6-16/h1-6,9-13,19,21,26H,14-15H2,(H,24,27). The van der Waals surface area contributed by atoms with E-state index in [1.54, 1.807) is 41.3 Å². The van der Waals surface area contributed by atoms with Gasteiger partial charge in [-0.2, -0.15) is 5.10 Å². The van der Waals surface area contributed by atoms with Gasteiger partial charge in [-0.25, -0.2) is 13.1 Å². The maximum Gasteiger partial charge on any atom is 0.251 e. The van der Waals surface area contributed by atoms with E-state index in [-0.39, 0.29) is 11.5 Å². The zero-order valence-electron chi connectivity index (χ0n) is 15.9. The van der Waals surface area contributed by atoms with Crippen LogP contribution in [-0.4, -0.2) is 52.9 Å². The van der Waals surface area contributed by atoms with E-state index in [0.717, 1.165) is 5.56 Å². The lowest BCUT2D eigenvalue weighted by Crippen LogP contribution is -2.42. The zero-order chi connectivity index (χ0) is 21.1. The van der Waals surface area contributed by atoms with Gasteiger partial charge in [0.2, 0.25) is 0 Å². The Hall–Kier alpha value is -3.41. The van der Waals surface area contributed by atoms with Crippen molar-refractivity contribution in [1.82, 2.24) is 15.1 Å². The van der Waals surface area contributed by atoms with Gasteiger partial charge in [-0.1, -0.05) is 30.0 Å². The van der Waals surface area contributed by atoms with Gasteiger partial charge in [0.05, 0.1) is 34.9 Å². The number of aliphatic hydroxyl groups excluding tert-OH is 1. The molecule has 0 aliphatic carbocycles. The molecule has 0 saturated carbocycles. The van der Waals surface area contributed by atoms with Gasteiger partial charge in [0.25, 0.3) is 5.91 Å². The van der Waals surface area contributed by atoms with Crippen molar-refractivity contribution in [3.63, 3.8) is 0 Å². The monoisotopic (exact) mass is 421 g/mol. The highest BCUT2D eigenvalue weighted by Crippen LogP contribution is 2.18. The van der Waals surface area contributed by atoms with Crippen molar-refractivity contribution in [3.8, 4) is 17.5 Å². The molecule has 0 spiro atoms. The summed E-state index contributed by atoms with van der Waals surface area (Å²) in [6, 6.07) is 15.4. The lowest BCUT2D eigenvalue weighted by molar-refractivity contribution is 0.0888. The van der Waals surface area contributed by atoms with Crippen LogP contribution in [0.3, 0.4) is 0 Å². The van der Waals surface area contributed by atoms with E-state index in [4.69, 9.17) is 0 Å². The number of sulfone groups is 1. The predicted octanol–water partition coefficient (Wildman–Crippen LogP) is 1.16. The lowest BCUT2D eigenvalue weighted by Gasteiger charge is -2.15. The fraction of sp³-hybridized carbons (Fsp3) is 0.182. The Kier molecular flexibility index (Phi) is 5.40. The maximum atomic E-state index is 12.7. The molecule has 1 fully saturated rings. The van der Waals surface area contributed by atoms with Crippen LogP contribution in [-0.2, 0) is 9.84 Å². The summed E-state index contributed by atoms with van der Waals surface area (Å²) in [6.07, 6.45) is 2.32. The Morgan fingerprint density at radius 1 is 1.10 bits per heavy atom. The van der Waals surface area contributed by atoms with E-state index in [2.05, 4.69) is 22.3 Å². The van der Waals surface area contributed by atoms with Crippen LogP contribution in [0, 0.1) is 11.8 Å². The van der Waals surface area contributed by atoms with Crippen LogP contribution < -0.4 is 5.32 Å². The van der Waals surface area contributed by atoms with Crippen LogP contribution in [0.15, 0.2) is 67.0 Å². The molecule has 1 saturated heterocycles. The Morgan fingerprint density at radius 3 is 2.57 bits per heavy atom. The third kappa shape index (κ3) is 4.43. The van der Waals surface area contributed by atoms with Crippen LogP contribution in [0.2, 0.25) is 0 Å². The normalized spacial score (nSPS) is 19.6. The summed E-state index contributed by atoms with van der Waals surface area (Å²) in [6.45, 7) is 0. The molecule has 8 heteroatoms. The Balaban J connectivity index is 1.65. The van der Waals surface area contributed by atoms with Gasteiger partial charge in [-0.3, -0.25) is 4.79 Å². The average molecular weight is 421 g/mol. The second kappa shape index (κ2) is 8.14. The van der Waals surface area contributed by atoms with Gasteiger partial charge in [-0.15, -0.1) is 0 Å². The number of nitrogens with one attached hydrogen (secondary N) is 1. The number of benzene rings is 2. The molecule has 7 nitrogen and oxygen atoms in total. The number of carbonyl (C=O) groups is 1. The smallest absolute Gasteiger partial charge is 0.251 e. The van der Waals surface area contributed by atoms with Crippen molar-refractivity contribution >= 4 is 15.7 Å². The van der Waals surface area contributed by atoms with E-state index in [0.29, 0.717) is 16.8 Å². The van der Waals surface area contributed by atoms with Gasteiger partial charge in [0, 0.05) is 23.5 Å². The fourth-order valence-corrected chi connectivity index (χ4v) is 5.01. The molecule has 1 aliphatic rings. The first kappa shape index (κ1) is 19.9. The molecule has 1 aliphatic heterocycles. The second-order valence-corrected chi connectivity index (χ2v) is 9.18. The van der Waals surface area contributed by atoms with Crippen LogP contribution >= 0.6 is 0 Å². The summed E-state index contributed by atoms with van der Waals surface area (Å²) in [5.41, 5.74) is 2.45. The lowest BCUT2D eigenvalue weighted by atomic mass is 10.1. The van der Waals surface area contributed by atoms with Gasteiger partial charge in [0.1, 0.15) is 0 Å².